The summed E-state index contributed by atoms with van der Waals surface area (Å²) in [4.78, 5) is 12.6. The van der Waals surface area contributed by atoms with Gasteiger partial charge in [0.05, 0.1) is 19.8 Å². The number of fused-ring (bicyclic) bond motifs is 3. The van der Waals surface area contributed by atoms with Crippen molar-refractivity contribution in [2.24, 2.45) is 0 Å². The molecule has 2 aliphatic rings. The third-order valence-corrected chi connectivity index (χ3v) is 4.60. The number of hydrogen-bond donors (Lipinski definition) is 1. The lowest BCUT2D eigenvalue weighted by Crippen LogP contribution is -2.20. The number of allylic oxidation sites excluding steroid dienone is 5. The van der Waals surface area contributed by atoms with Gasteiger partial charge in [0.2, 0.25) is 0 Å². The fourth-order valence-corrected chi connectivity index (χ4v) is 3.36. The van der Waals surface area contributed by atoms with E-state index in [-0.39, 0.29) is 22.5 Å². The van der Waals surface area contributed by atoms with Gasteiger partial charge < -0.3 is 14.6 Å². The summed E-state index contributed by atoms with van der Waals surface area (Å²) in [5.74, 6) is 0.0937. The van der Waals surface area contributed by atoms with Crippen LogP contribution < -0.4 is 0 Å². The first-order valence-corrected chi connectivity index (χ1v) is 7.70. The molecule has 124 valence electrons. The Kier molecular flexibility index (Phi) is 3.84. The minimum absolute atomic E-state index is 0.0189. The summed E-state index contributed by atoms with van der Waals surface area (Å²) in [6, 6.07) is 7.91. The molecule has 0 aliphatic heterocycles. The summed E-state index contributed by atoms with van der Waals surface area (Å²) in [6.45, 7) is 4.12. The van der Waals surface area contributed by atoms with E-state index in [1.54, 1.807) is 6.08 Å². The standard InChI is InChI=1S/C20H20O4/c1-20(2)15-8-6-5-7-13(15)18-16(20)10-17(21)14(19(18)22)9-12(24-4)11-23-3/h5-11,22H,1-4H3/b12-11-,14-9-. The Balaban J connectivity index is 2.23. The Labute approximate surface area is 141 Å². The van der Waals surface area contributed by atoms with Crippen molar-refractivity contribution >= 4 is 11.4 Å². The lowest BCUT2D eigenvalue weighted by molar-refractivity contribution is -0.111. The quantitative estimate of drug-likeness (QED) is 0.678. The molecular weight excluding hydrogens is 304 g/mol. The fraction of sp³-hybridized carbons (Fsp3) is 0.250. The maximum absolute atomic E-state index is 12.6. The van der Waals surface area contributed by atoms with Crippen molar-refractivity contribution in [1.82, 2.24) is 0 Å². The molecule has 0 amide bonds. The number of benzene rings is 1. The molecule has 1 aromatic rings. The van der Waals surface area contributed by atoms with Crippen LogP contribution in [0.4, 0.5) is 0 Å². The summed E-state index contributed by atoms with van der Waals surface area (Å²) in [6.07, 6.45) is 4.49. The number of carbonyl (C=O) groups excluding carboxylic acids is 1. The minimum Gasteiger partial charge on any atom is -0.507 e. The highest BCUT2D eigenvalue weighted by Crippen LogP contribution is 2.52. The van der Waals surface area contributed by atoms with Crippen LogP contribution in [0.15, 0.2) is 65.3 Å². The summed E-state index contributed by atoms with van der Waals surface area (Å²) in [5, 5.41) is 10.8. The lowest BCUT2D eigenvalue weighted by atomic mass is 9.79. The van der Waals surface area contributed by atoms with Crippen molar-refractivity contribution in [3.63, 3.8) is 0 Å². The summed E-state index contributed by atoms with van der Waals surface area (Å²) >= 11 is 0. The molecule has 4 nitrogen and oxygen atoms in total. The topological polar surface area (TPSA) is 55.8 Å². The number of aliphatic hydroxyl groups is 1. The van der Waals surface area contributed by atoms with Crippen LogP contribution in [0.25, 0.3) is 5.57 Å². The molecule has 2 aliphatic carbocycles. The molecule has 0 aromatic heterocycles. The van der Waals surface area contributed by atoms with Gasteiger partial charge in [-0.25, -0.2) is 0 Å². The molecule has 0 unspecified atom stereocenters. The molecule has 0 radical (unpaired) electrons. The highest BCUT2D eigenvalue weighted by atomic mass is 16.5. The van der Waals surface area contributed by atoms with Crippen molar-refractivity contribution in [1.29, 1.82) is 0 Å². The molecule has 4 heteroatoms. The Morgan fingerprint density at radius 1 is 1.21 bits per heavy atom. The molecule has 3 rings (SSSR count). The van der Waals surface area contributed by atoms with E-state index in [1.807, 2.05) is 24.3 Å². The molecule has 0 heterocycles. The van der Waals surface area contributed by atoms with Crippen LogP contribution in [0.3, 0.4) is 0 Å². The van der Waals surface area contributed by atoms with Gasteiger partial charge in [0.25, 0.3) is 0 Å². The average molecular weight is 324 g/mol. The molecule has 0 atom stereocenters. The van der Waals surface area contributed by atoms with Crippen LogP contribution >= 0.6 is 0 Å². The van der Waals surface area contributed by atoms with E-state index in [1.165, 1.54) is 26.6 Å². The van der Waals surface area contributed by atoms with Gasteiger partial charge in [-0.3, -0.25) is 4.79 Å². The van der Waals surface area contributed by atoms with Crippen molar-refractivity contribution in [2.45, 2.75) is 19.3 Å². The second kappa shape index (κ2) is 5.71. The van der Waals surface area contributed by atoms with Crippen LogP contribution in [-0.4, -0.2) is 25.1 Å². The summed E-state index contributed by atoms with van der Waals surface area (Å²) in [5.41, 5.74) is 3.50. The number of ether oxygens (including phenoxy) is 2. The van der Waals surface area contributed by atoms with Crippen LogP contribution in [0.1, 0.15) is 25.0 Å². The van der Waals surface area contributed by atoms with Gasteiger partial charge in [0.1, 0.15) is 12.0 Å². The van der Waals surface area contributed by atoms with Crippen LogP contribution in [0.2, 0.25) is 0 Å². The molecule has 0 spiro atoms. The molecule has 24 heavy (non-hydrogen) atoms. The first kappa shape index (κ1) is 16.1. The molecule has 0 saturated carbocycles. The SMILES string of the molecule is CO/C=C(/C=C1/C(=O)C=C2C(=C1O)c1ccccc1C2(C)C)OC. The number of methoxy groups -OCH3 is 2. The van der Waals surface area contributed by atoms with E-state index in [9.17, 15) is 9.90 Å². The largest absolute Gasteiger partial charge is 0.507 e. The van der Waals surface area contributed by atoms with Crippen molar-refractivity contribution < 1.29 is 19.4 Å². The number of ketones is 1. The number of carbonyl (C=O) groups is 1. The highest BCUT2D eigenvalue weighted by molar-refractivity contribution is 6.16. The highest BCUT2D eigenvalue weighted by Gasteiger charge is 2.43. The van der Waals surface area contributed by atoms with E-state index < -0.39 is 0 Å². The zero-order valence-corrected chi connectivity index (χ0v) is 14.2. The van der Waals surface area contributed by atoms with Gasteiger partial charge in [0, 0.05) is 11.0 Å². The normalized spacial score (nSPS) is 20.7. The molecule has 0 fully saturated rings. The Bertz CT molecular complexity index is 835. The monoisotopic (exact) mass is 324 g/mol. The van der Waals surface area contributed by atoms with Gasteiger partial charge in [-0.05, 0) is 28.9 Å². The van der Waals surface area contributed by atoms with E-state index in [0.717, 1.165) is 16.7 Å². The van der Waals surface area contributed by atoms with E-state index in [0.29, 0.717) is 11.3 Å². The van der Waals surface area contributed by atoms with Gasteiger partial charge in [-0.2, -0.15) is 0 Å². The smallest absolute Gasteiger partial charge is 0.190 e. The Morgan fingerprint density at radius 3 is 2.58 bits per heavy atom. The van der Waals surface area contributed by atoms with Crippen LogP contribution in [0.5, 0.6) is 0 Å². The fourth-order valence-electron chi connectivity index (χ4n) is 3.36. The second-order valence-electron chi connectivity index (χ2n) is 6.33. The maximum Gasteiger partial charge on any atom is 0.190 e. The molecule has 0 saturated heterocycles. The van der Waals surface area contributed by atoms with Gasteiger partial charge >= 0.3 is 0 Å². The summed E-state index contributed by atoms with van der Waals surface area (Å²) < 4.78 is 10.1. The zero-order valence-electron chi connectivity index (χ0n) is 14.2. The van der Waals surface area contributed by atoms with Crippen molar-refractivity contribution in [3.05, 3.63) is 76.5 Å². The predicted molar refractivity (Wildman–Crippen MR) is 92.3 cm³/mol. The Morgan fingerprint density at radius 2 is 1.92 bits per heavy atom. The second-order valence-corrected chi connectivity index (χ2v) is 6.33. The number of hydrogen-bond acceptors (Lipinski definition) is 4. The molecule has 0 bridgehead atoms. The predicted octanol–water partition coefficient (Wildman–Crippen LogP) is 3.82. The minimum atomic E-state index is -0.326. The average Bonchev–Trinajstić information content (AvgIpc) is 2.78. The lowest BCUT2D eigenvalue weighted by Gasteiger charge is -2.24. The van der Waals surface area contributed by atoms with Crippen LogP contribution in [-0.2, 0) is 19.7 Å². The molecule has 1 aromatic carbocycles. The number of rotatable bonds is 3. The van der Waals surface area contributed by atoms with E-state index in [4.69, 9.17) is 9.47 Å². The maximum atomic E-state index is 12.6. The van der Waals surface area contributed by atoms with Gasteiger partial charge in [0.15, 0.2) is 11.5 Å². The van der Waals surface area contributed by atoms with Crippen LogP contribution in [0, 0.1) is 0 Å². The first-order chi connectivity index (χ1) is 11.4. The zero-order chi connectivity index (χ0) is 17.5. The Hall–Kier alpha value is -2.75. The van der Waals surface area contributed by atoms with Gasteiger partial charge in [-0.1, -0.05) is 38.1 Å². The third-order valence-electron chi connectivity index (χ3n) is 4.60. The number of aliphatic hydroxyl groups excluding tert-OH is 1. The molecule has 1 N–H and O–H groups in total. The molecular formula is C20H20O4. The van der Waals surface area contributed by atoms with E-state index >= 15 is 0 Å². The van der Waals surface area contributed by atoms with E-state index in [2.05, 4.69) is 13.8 Å². The van der Waals surface area contributed by atoms with Crippen molar-refractivity contribution in [2.75, 3.05) is 14.2 Å². The first-order valence-electron chi connectivity index (χ1n) is 7.70. The summed E-state index contributed by atoms with van der Waals surface area (Å²) in [7, 11) is 2.97. The third kappa shape index (κ3) is 2.26. The van der Waals surface area contributed by atoms with Crippen molar-refractivity contribution in [3.8, 4) is 0 Å². The van der Waals surface area contributed by atoms with Gasteiger partial charge in [-0.15, -0.1) is 0 Å².